The number of benzene rings is 1. The molecule has 5 heteroatoms. The molecule has 1 aliphatic rings. The number of anilines is 2. The number of hydrogen-bond donors (Lipinski definition) is 1. The lowest BCUT2D eigenvalue weighted by Gasteiger charge is -2.26. The van der Waals surface area contributed by atoms with Crippen molar-refractivity contribution < 1.29 is 14.0 Å². The Bertz CT molecular complexity index is 814. The summed E-state index contributed by atoms with van der Waals surface area (Å²) in [4.78, 5) is 26.5. The number of fused-ring (bicyclic) bond motifs is 1. The normalized spacial score (nSPS) is 14.0. The van der Waals surface area contributed by atoms with Crippen molar-refractivity contribution in [2.45, 2.75) is 27.2 Å². The second-order valence-electron chi connectivity index (χ2n) is 7.14. The van der Waals surface area contributed by atoms with Crippen LogP contribution < -0.4 is 10.2 Å². The Balaban J connectivity index is 1.75. The molecule has 0 radical (unpaired) electrons. The molecule has 0 atom stereocenters. The molecule has 0 saturated heterocycles. The summed E-state index contributed by atoms with van der Waals surface area (Å²) in [6.45, 7) is 6.43. The van der Waals surface area contributed by atoms with Crippen LogP contribution >= 0.6 is 0 Å². The van der Waals surface area contributed by atoms with Gasteiger partial charge in [0.2, 0.25) is 11.8 Å². The molecule has 0 bridgehead atoms. The number of amides is 2. The van der Waals surface area contributed by atoms with E-state index in [1.54, 1.807) is 24.5 Å². The van der Waals surface area contributed by atoms with Gasteiger partial charge in [-0.05, 0) is 42.3 Å². The van der Waals surface area contributed by atoms with Gasteiger partial charge in [0.1, 0.15) is 5.76 Å². The molecule has 3 rings (SSSR count). The van der Waals surface area contributed by atoms with E-state index in [-0.39, 0.29) is 11.8 Å². The van der Waals surface area contributed by atoms with Crippen LogP contribution in [0.25, 0.3) is 6.08 Å². The Kier molecular flexibility index (Phi) is 4.49. The maximum atomic E-state index is 12.6. The van der Waals surface area contributed by atoms with Crippen LogP contribution in [0.4, 0.5) is 11.4 Å². The average molecular weight is 338 g/mol. The molecule has 0 unspecified atom stereocenters. The smallest absolute Gasteiger partial charge is 0.248 e. The third-order valence-corrected chi connectivity index (χ3v) is 4.08. The first-order valence-electron chi connectivity index (χ1n) is 8.32. The maximum Gasteiger partial charge on any atom is 0.248 e. The number of rotatable bonds is 3. The molecule has 130 valence electrons. The summed E-state index contributed by atoms with van der Waals surface area (Å²) in [5.41, 5.74) is 2.24. The van der Waals surface area contributed by atoms with Crippen molar-refractivity contribution >= 4 is 29.3 Å². The lowest BCUT2D eigenvalue weighted by molar-refractivity contribution is -0.125. The number of carbonyl (C=O) groups excluding carboxylic acids is 2. The van der Waals surface area contributed by atoms with Crippen LogP contribution in [0.3, 0.4) is 0 Å². The molecule has 1 aromatic carbocycles. The van der Waals surface area contributed by atoms with Gasteiger partial charge in [0, 0.05) is 29.4 Å². The van der Waals surface area contributed by atoms with Gasteiger partial charge < -0.3 is 14.6 Å². The summed E-state index contributed by atoms with van der Waals surface area (Å²) in [5, 5.41) is 2.83. The Labute approximate surface area is 147 Å². The maximum absolute atomic E-state index is 12.6. The second kappa shape index (κ2) is 6.59. The zero-order chi connectivity index (χ0) is 18.0. The zero-order valence-corrected chi connectivity index (χ0v) is 14.7. The topological polar surface area (TPSA) is 62.6 Å². The van der Waals surface area contributed by atoms with Crippen LogP contribution in [-0.4, -0.2) is 18.4 Å². The molecule has 2 heterocycles. The third kappa shape index (κ3) is 3.82. The van der Waals surface area contributed by atoms with E-state index in [0.717, 1.165) is 17.7 Å². The highest BCUT2D eigenvalue weighted by Crippen LogP contribution is 2.34. The lowest BCUT2D eigenvalue weighted by Crippen LogP contribution is -2.38. The third-order valence-electron chi connectivity index (χ3n) is 4.08. The first-order chi connectivity index (χ1) is 11.8. The molecular weight excluding hydrogens is 316 g/mol. The second-order valence-corrected chi connectivity index (χ2v) is 7.14. The molecule has 2 aromatic rings. The molecule has 0 aliphatic carbocycles. The van der Waals surface area contributed by atoms with Crippen LogP contribution in [-0.2, 0) is 16.0 Å². The van der Waals surface area contributed by atoms with E-state index in [0.29, 0.717) is 18.0 Å². The van der Waals surface area contributed by atoms with E-state index in [2.05, 4.69) is 5.32 Å². The van der Waals surface area contributed by atoms with Crippen LogP contribution in [0.5, 0.6) is 0 Å². The minimum atomic E-state index is -0.438. The summed E-state index contributed by atoms with van der Waals surface area (Å²) in [6, 6.07) is 9.23. The molecule has 0 fully saturated rings. The van der Waals surface area contributed by atoms with Gasteiger partial charge in [-0.2, -0.15) is 0 Å². The Hall–Kier alpha value is -2.82. The summed E-state index contributed by atoms with van der Waals surface area (Å²) in [6.07, 6.45) is 5.42. The number of hydrogen-bond acceptors (Lipinski definition) is 3. The Morgan fingerprint density at radius 1 is 1.24 bits per heavy atom. The Morgan fingerprint density at radius 2 is 2.04 bits per heavy atom. The van der Waals surface area contributed by atoms with Gasteiger partial charge in [-0.25, -0.2) is 0 Å². The van der Waals surface area contributed by atoms with Crippen molar-refractivity contribution in [3.05, 3.63) is 54.0 Å². The van der Waals surface area contributed by atoms with E-state index in [1.807, 2.05) is 43.9 Å². The molecule has 25 heavy (non-hydrogen) atoms. The highest BCUT2D eigenvalue weighted by atomic mass is 16.3. The van der Waals surface area contributed by atoms with Gasteiger partial charge in [-0.15, -0.1) is 0 Å². The van der Waals surface area contributed by atoms with Crippen molar-refractivity contribution in [3.63, 3.8) is 0 Å². The number of carbonyl (C=O) groups is 2. The van der Waals surface area contributed by atoms with Crippen LogP contribution in [0, 0.1) is 5.41 Å². The minimum Gasteiger partial charge on any atom is -0.465 e. The molecule has 5 nitrogen and oxygen atoms in total. The predicted octanol–water partition coefficient (Wildman–Crippen LogP) is 3.87. The zero-order valence-electron chi connectivity index (χ0n) is 14.7. The van der Waals surface area contributed by atoms with E-state index in [1.165, 1.54) is 6.08 Å². The average Bonchev–Trinajstić information content (AvgIpc) is 3.20. The number of nitrogens with one attached hydrogen (secondary N) is 1. The minimum absolute atomic E-state index is 0.0902. The van der Waals surface area contributed by atoms with Gasteiger partial charge in [-0.3, -0.25) is 9.59 Å². The molecule has 1 aromatic heterocycles. The van der Waals surface area contributed by atoms with Gasteiger partial charge in [0.25, 0.3) is 0 Å². The van der Waals surface area contributed by atoms with Crippen molar-refractivity contribution in [1.82, 2.24) is 0 Å². The van der Waals surface area contributed by atoms with Gasteiger partial charge in [-0.1, -0.05) is 26.8 Å². The summed E-state index contributed by atoms with van der Waals surface area (Å²) in [5.74, 6) is 0.460. The summed E-state index contributed by atoms with van der Waals surface area (Å²) in [7, 11) is 0. The molecule has 1 aliphatic heterocycles. The van der Waals surface area contributed by atoms with E-state index >= 15 is 0 Å². The fourth-order valence-electron chi connectivity index (χ4n) is 2.80. The first kappa shape index (κ1) is 17.0. The summed E-state index contributed by atoms with van der Waals surface area (Å²) < 4.78 is 5.16. The summed E-state index contributed by atoms with van der Waals surface area (Å²) >= 11 is 0. The van der Waals surface area contributed by atoms with Crippen molar-refractivity contribution in [2.24, 2.45) is 5.41 Å². The predicted molar refractivity (Wildman–Crippen MR) is 98.3 cm³/mol. The van der Waals surface area contributed by atoms with Crippen LogP contribution in [0.2, 0.25) is 0 Å². The molecule has 1 N–H and O–H groups in total. The van der Waals surface area contributed by atoms with Crippen molar-refractivity contribution in [3.8, 4) is 0 Å². The molecule has 0 spiro atoms. The monoisotopic (exact) mass is 338 g/mol. The SMILES string of the molecule is CC(C)(C)C(=O)N1CCc2ccc(NC(=O)/C=C/c3ccco3)cc21. The molecular formula is C20H22N2O3. The van der Waals surface area contributed by atoms with Gasteiger partial charge in [0.15, 0.2) is 0 Å². The van der Waals surface area contributed by atoms with Crippen LogP contribution in [0.15, 0.2) is 47.1 Å². The quantitative estimate of drug-likeness (QED) is 0.864. The fourth-order valence-corrected chi connectivity index (χ4v) is 2.80. The van der Waals surface area contributed by atoms with Crippen LogP contribution in [0.1, 0.15) is 32.1 Å². The first-order valence-corrected chi connectivity index (χ1v) is 8.32. The van der Waals surface area contributed by atoms with E-state index in [9.17, 15) is 9.59 Å². The molecule has 0 saturated carbocycles. The fraction of sp³-hybridized carbons (Fsp3) is 0.300. The van der Waals surface area contributed by atoms with E-state index < -0.39 is 5.41 Å². The Morgan fingerprint density at radius 3 is 2.72 bits per heavy atom. The largest absolute Gasteiger partial charge is 0.465 e. The highest BCUT2D eigenvalue weighted by Gasteiger charge is 2.32. The van der Waals surface area contributed by atoms with Gasteiger partial charge in [0.05, 0.1) is 6.26 Å². The van der Waals surface area contributed by atoms with Crippen molar-refractivity contribution in [2.75, 3.05) is 16.8 Å². The lowest BCUT2D eigenvalue weighted by atomic mass is 9.94. The van der Waals surface area contributed by atoms with Crippen molar-refractivity contribution in [1.29, 1.82) is 0 Å². The molecule has 2 amide bonds. The van der Waals surface area contributed by atoms with Gasteiger partial charge >= 0.3 is 0 Å². The number of furan rings is 1. The highest BCUT2D eigenvalue weighted by molar-refractivity contribution is 6.03. The standard InChI is InChI=1S/C20H22N2O3/c1-20(2,3)19(24)22-11-10-14-6-7-15(13-17(14)22)21-18(23)9-8-16-5-4-12-25-16/h4-9,12-13H,10-11H2,1-3H3,(H,21,23)/b9-8+. The van der Waals surface area contributed by atoms with E-state index in [4.69, 9.17) is 4.42 Å². The number of nitrogens with zero attached hydrogens (tertiary/aromatic N) is 1.